The van der Waals surface area contributed by atoms with E-state index in [1.807, 2.05) is 0 Å². The molecule has 1 N–H and O–H groups in total. The van der Waals surface area contributed by atoms with Gasteiger partial charge in [0.1, 0.15) is 0 Å². The topological polar surface area (TPSA) is 21.3 Å². The number of hydrogen-bond acceptors (Lipinski definition) is 2. The summed E-state index contributed by atoms with van der Waals surface area (Å²) in [6.45, 7) is 4.31. The molecule has 2 aliphatic carbocycles. The van der Waals surface area contributed by atoms with Crippen LogP contribution in [-0.2, 0) is 4.74 Å². The largest absolute Gasteiger partial charge is 0.391 e. The summed E-state index contributed by atoms with van der Waals surface area (Å²) in [5.41, 5.74) is 0.0790. The van der Waals surface area contributed by atoms with E-state index < -0.39 is 12.1 Å². The molecule has 0 aliphatic heterocycles. The number of nitrogens with one attached hydrogen (secondary N) is 1. The van der Waals surface area contributed by atoms with Gasteiger partial charge in [-0.05, 0) is 32.1 Å². The van der Waals surface area contributed by atoms with Gasteiger partial charge in [0.15, 0.2) is 0 Å². The fraction of sp³-hybridized carbons (Fsp3) is 1.00. The lowest BCUT2D eigenvalue weighted by atomic mass is 9.64. The lowest BCUT2D eigenvalue weighted by Gasteiger charge is -2.53. The van der Waals surface area contributed by atoms with E-state index in [9.17, 15) is 13.2 Å². The van der Waals surface area contributed by atoms with Crippen LogP contribution in [0.3, 0.4) is 0 Å². The zero-order chi connectivity index (χ0) is 14.3. The van der Waals surface area contributed by atoms with E-state index in [-0.39, 0.29) is 30.4 Å². The fourth-order valence-electron chi connectivity index (χ4n) is 3.44. The maximum Gasteiger partial charge on any atom is 0.391 e. The SMILES string of the molecule is COC1CC(NC2CCC(C(F)(F)F)CC2)C1(C)C. The van der Waals surface area contributed by atoms with Crippen molar-refractivity contribution in [1.29, 1.82) is 0 Å². The fourth-order valence-corrected chi connectivity index (χ4v) is 3.44. The lowest BCUT2D eigenvalue weighted by Crippen LogP contribution is -2.62. The Morgan fingerprint density at radius 1 is 1.11 bits per heavy atom. The molecule has 19 heavy (non-hydrogen) atoms. The molecule has 0 aromatic heterocycles. The molecule has 0 aromatic rings. The van der Waals surface area contributed by atoms with Gasteiger partial charge < -0.3 is 10.1 Å². The summed E-state index contributed by atoms with van der Waals surface area (Å²) in [6.07, 6.45) is -0.992. The molecule has 0 saturated heterocycles. The summed E-state index contributed by atoms with van der Waals surface area (Å²) < 4.78 is 43.2. The highest BCUT2D eigenvalue weighted by Gasteiger charge is 2.49. The number of methoxy groups -OCH3 is 1. The van der Waals surface area contributed by atoms with Crippen molar-refractivity contribution in [2.45, 2.75) is 70.3 Å². The van der Waals surface area contributed by atoms with Gasteiger partial charge in [-0.15, -0.1) is 0 Å². The summed E-state index contributed by atoms with van der Waals surface area (Å²) in [5.74, 6) is -1.09. The highest BCUT2D eigenvalue weighted by atomic mass is 19.4. The van der Waals surface area contributed by atoms with Gasteiger partial charge in [0.25, 0.3) is 0 Å². The Hall–Kier alpha value is -0.290. The van der Waals surface area contributed by atoms with Gasteiger partial charge in [-0.1, -0.05) is 13.8 Å². The maximum absolute atomic E-state index is 12.6. The molecule has 5 heteroatoms. The summed E-state index contributed by atoms with van der Waals surface area (Å²) in [5, 5.41) is 3.53. The molecule has 0 aromatic carbocycles. The predicted octanol–water partition coefficient (Wildman–Crippen LogP) is 3.51. The van der Waals surface area contributed by atoms with Gasteiger partial charge in [-0.25, -0.2) is 0 Å². The van der Waals surface area contributed by atoms with E-state index in [4.69, 9.17) is 4.74 Å². The average molecular weight is 279 g/mol. The minimum Gasteiger partial charge on any atom is -0.381 e. The average Bonchev–Trinajstić information content (AvgIpc) is 2.33. The number of rotatable bonds is 3. The first-order valence-corrected chi connectivity index (χ1v) is 7.10. The molecular formula is C14H24F3NO. The van der Waals surface area contributed by atoms with Gasteiger partial charge in [0.05, 0.1) is 12.0 Å². The predicted molar refractivity (Wildman–Crippen MR) is 67.9 cm³/mol. The Balaban J connectivity index is 1.78. The quantitative estimate of drug-likeness (QED) is 0.853. The molecule has 0 amide bonds. The van der Waals surface area contributed by atoms with Crippen molar-refractivity contribution < 1.29 is 17.9 Å². The Bertz CT molecular complexity index is 308. The second-order valence-corrected chi connectivity index (χ2v) is 6.59. The summed E-state index contributed by atoms with van der Waals surface area (Å²) >= 11 is 0. The molecule has 2 unspecified atom stereocenters. The molecule has 2 saturated carbocycles. The minimum atomic E-state index is -4.01. The van der Waals surface area contributed by atoms with Crippen LogP contribution in [-0.4, -0.2) is 31.5 Å². The zero-order valence-corrected chi connectivity index (χ0v) is 11.9. The third-order valence-electron chi connectivity index (χ3n) is 5.09. The van der Waals surface area contributed by atoms with E-state index in [0.29, 0.717) is 18.9 Å². The monoisotopic (exact) mass is 279 g/mol. The van der Waals surface area contributed by atoms with Crippen molar-refractivity contribution in [2.24, 2.45) is 11.3 Å². The van der Waals surface area contributed by atoms with Gasteiger partial charge >= 0.3 is 6.18 Å². The molecule has 2 nitrogen and oxygen atoms in total. The highest BCUT2D eigenvalue weighted by molar-refractivity contribution is 5.03. The van der Waals surface area contributed by atoms with Crippen molar-refractivity contribution in [3.8, 4) is 0 Å². The molecule has 0 spiro atoms. The molecule has 2 aliphatic rings. The number of alkyl halides is 3. The normalized spacial score (nSPS) is 38.8. The van der Waals surface area contributed by atoms with Crippen LogP contribution in [0.4, 0.5) is 13.2 Å². The third-order valence-corrected chi connectivity index (χ3v) is 5.09. The maximum atomic E-state index is 12.6. The second-order valence-electron chi connectivity index (χ2n) is 6.59. The van der Waals surface area contributed by atoms with E-state index in [2.05, 4.69) is 19.2 Å². The molecule has 2 atom stereocenters. The number of ether oxygens (including phenoxy) is 1. The smallest absolute Gasteiger partial charge is 0.381 e. The number of hydrogen-bond donors (Lipinski definition) is 1. The van der Waals surface area contributed by atoms with Crippen molar-refractivity contribution in [3.05, 3.63) is 0 Å². The molecule has 2 fully saturated rings. The van der Waals surface area contributed by atoms with Crippen LogP contribution < -0.4 is 5.32 Å². The van der Waals surface area contributed by atoms with Crippen LogP contribution in [0.15, 0.2) is 0 Å². The van der Waals surface area contributed by atoms with E-state index in [1.165, 1.54) is 0 Å². The van der Waals surface area contributed by atoms with Crippen LogP contribution in [0.2, 0.25) is 0 Å². The summed E-state index contributed by atoms with van der Waals surface area (Å²) in [7, 11) is 1.72. The number of halogens is 3. The molecule has 112 valence electrons. The van der Waals surface area contributed by atoms with Crippen molar-refractivity contribution in [3.63, 3.8) is 0 Å². The van der Waals surface area contributed by atoms with Crippen molar-refractivity contribution in [2.75, 3.05) is 7.11 Å². The second kappa shape index (κ2) is 5.24. The first-order valence-electron chi connectivity index (χ1n) is 7.10. The molecule has 2 rings (SSSR count). The summed E-state index contributed by atoms with van der Waals surface area (Å²) in [6, 6.07) is 0.602. The first kappa shape index (κ1) is 15.1. The van der Waals surface area contributed by atoms with Gasteiger partial charge in [-0.2, -0.15) is 13.2 Å². The van der Waals surface area contributed by atoms with Gasteiger partial charge in [0.2, 0.25) is 0 Å². The van der Waals surface area contributed by atoms with E-state index in [1.54, 1.807) is 7.11 Å². The van der Waals surface area contributed by atoms with Crippen molar-refractivity contribution >= 4 is 0 Å². The van der Waals surface area contributed by atoms with E-state index >= 15 is 0 Å². The molecular weight excluding hydrogens is 255 g/mol. The van der Waals surface area contributed by atoms with E-state index in [0.717, 1.165) is 6.42 Å². The first-order chi connectivity index (χ1) is 8.75. The van der Waals surface area contributed by atoms with Gasteiger partial charge in [-0.3, -0.25) is 0 Å². The Morgan fingerprint density at radius 3 is 2.11 bits per heavy atom. The molecule has 0 bridgehead atoms. The third kappa shape index (κ3) is 3.07. The Morgan fingerprint density at radius 2 is 1.68 bits per heavy atom. The van der Waals surface area contributed by atoms with Crippen LogP contribution in [0, 0.1) is 11.3 Å². The summed E-state index contributed by atoms with van der Waals surface area (Å²) in [4.78, 5) is 0. The van der Waals surface area contributed by atoms with Crippen LogP contribution in [0.1, 0.15) is 46.0 Å². The lowest BCUT2D eigenvalue weighted by molar-refractivity contribution is -0.183. The highest BCUT2D eigenvalue weighted by Crippen LogP contribution is 2.44. The molecule has 0 radical (unpaired) electrons. The zero-order valence-electron chi connectivity index (χ0n) is 11.9. The standard InChI is InChI=1S/C14H24F3NO/c1-13(2)11(8-12(13)19-3)18-10-6-4-9(5-7-10)14(15,16)17/h9-12,18H,4-8H2,1-3H3. The van der Waals surface area contributed by atoms with Gasteiger partial charge in [0, 0.05) is 24.6 Å². The van der Waals surface area contributed by atoms with Crippen LogP contribution in [0.5, 0.6) is 0 Å². The van der Waals surface area contributed by atoms with Crippen molar-refractivity contribution in [1.82, 2.24) is 5.32 Å². The Kier molecular flexibility index (Phi) is 4.17. The van der Waals surface area contributed by atoms with Crippen LogP contribution in [0.25, 0.3) is 0 Å². The molecule has 0 heterocycles. The van der Waals surface area contributed by atoms with Crippen LogP contribution >= 0.6 is 0 Å². The Labute approximate surface area is 113 Å². The minimum absolute atomic E-state index is 0.0790.